The molecule has 3 amide bonds. The lowest BCUT2D eigenvalue weighted by Gasteiger charge is -2.33. The number of likely N-dealkylation sites (tertiary alicyclic amines) is 1. The van der Waals surface area contributed by atoms with Gasteiger partial charge in [0, 0.05) is 5.54 Å². The van der Waals surface area contributed by atoms with Crippen LogP contribution in [0.4, 0.5) is 4.79 Å². The van der Waals surface area contributed by atoms with Crippen molar-refractivity contribution in [3.05, 3.63) is 0 Å². The van der Waals surface area contributed by atoms with E-state index in [2.05, 4.69) is 10.6 Å². The molecular weight excluding hydrogens is 274 g/mol. The number of rotatable bonds is 3. The Hall–Kier alpha value is -1.63. The molecule has 21 heavy (non-hydrogen) atoms. The minimum atomic E-state index is -0.529. The van der Waals surface area contributed by atoms with Crippen molar-refractivity contribution in [2.45, 2.75) is 51.6 Å². The summed E-state index contributed by atoms with van der Waals surface area (Å²) in [6, 6.07) is -0.931. The monoisotopic (exact) mass is 299 g/mol. The van der Waals surface area contributed by atoms with Gasteiger partial charge in [-0.3, -0.25) is 19.8 Å². The lowest BCUT2D eigenvalue weighted by molar-refractivity contribution is -0.148. The van der Waals surface area contributed by atoms with Crippen molar-refractivity contribution in [2.75, 3.05) is 20.2 Å². The number of nitrogens with one attached hydrogen (secondary N) is 2. The van der Waals surface area contributed by atoms with Crippen LogP contribution in [0.25, 0.3) is 0 Å². The second-order valence-corrected chi connectivity index (χ2v) is 6.26. The number of esters is 1. The minimum Gasteiger partial charge on any atom is -0.468 e. The van der Waals surface area contributed by atoms with Gasteiger partial charge in [-0.15, -0.1) is 0 Å². The highest BCUT2D eigenvalue weighted by Crippen LogP contribution is 2.17. The summed E-state index contributed by atoms with van der Waals surface area (Å²) in [7, 11) is 1.34. The number of nitrogens with zero attached hydrogens (tertiary/aromatic N) is 1. The van der Waals surface area contributed by atoms with Gasteiger partial charge in [0.2, 0.25) is 5.91 Å². The maximum absolute atomic E-state index is 11.9. The van der Waals surface area contributed by atoms with Crippen molar-refractivity contribution in [3.8, 4) is 0 Å². The molecule has 0 aromatic heterocycles. The lowest BCUT2D eigenvalue weighted by Crippen LogP contribution is -2.53. The molecule has 0 unspecified atom stereocenters. The summed E-state index contributed by atoms with van der Waals surface area (Å²) in [5.41, 5.74) is -0.413. The van der Waals surface area contributed by atoms with Crippen molar-refractivity contribution >= 4 is 17.9 Å². The number of piperidine rings is 1. The van der Waals surface area contributed by atoms with Crippen molar-refractivity contribution in [1.82, 2.24) is 15.5 Å². The molecule has 0 aromatic carbocycles. The number of carbonyl (C=O) groups is 3. The van der Waals surface area contributed by atoms with E-state index in [4.69, 9.17) is 4.74 Å². The molecule has 0 radical (unpaired) electrons. The van der Waals surface area contributed by atoms with Gasteiger partial charge < -0.3 is 10.1 Å². The number of hydrogen-bond donors (Lipinski definition) is 2. The van der Waals surface area contributed by atoms with Gasteiger partial charge in [0.05, 0.1) is 13.7 Å². The first-order chi connectivity index (χ1) is 9.73. The zero-order valence-electron chi connectivity index (χ0n) is 13.2. The number of methoxy groups -OCH3 is 1. The van der Waals surface area contributed by atoms with Gasteiger partial charge in [-0.05, 0) is 40.2 Å². The molecule has 7 heteroatoms. The van der Waals surface area contributed by atoms with Crippen molar-refractivity contribution in [3.63, 3.8) is 0 Å². The van der Waals surface area contributed by atoms with Crippen molar-refractivity contribution in [1.29, 1.82) is 0 Å². The predicted octanol–water partition coefficient (Wildman–Crippen LogP) is 0.638. The van der Waals surface area contributed by atoms with E-state index in [0.29, 0.717) is 13.0 Å². The van der Waals surface area contributed by atoms with Gasteiger partial charge >= 0.3 is 12.0 Å². The van der Waals surface area contributed by atoms with Crippen LogP contribution in [0.3, 0.4) is 0 Å². The molecule has 1 fully saturated rings. The third kappa shape index (κ3) is 6.12. The van der Waals surface area contributed by atoms with Crippen molar-refractivity contribution < 1.29 is 19.1 Å². The van der Waals surface area contributed by atoms with E-state index < -0.39 is 23.5 Å². The van der Waals surface area contributed by atoms with Crippen LogP contribution in [0.15, 0.2) is 0 Å². The van der Waals surface area contributed by atoms with Crippen LogP contribution in [0.1, 0.15) is 40.0 Å². The Morgan fingerprint density at radius 2 is 1.90 bits per heavy atom. The highest BCUT2D eigenvalue weighted by Gasteiger charge is 2.31. The van der Waals surface area contributed by atoms with Crippen LogP contribution < -0.4 is 10.6 Å². The second kappa shape index (κ2) is 7.40. The summed E-state index contributed by atoms with van der Waals surface area (Å²) in [6.45, 7) is 6.14. The summed E-state index contributed by atoms with van der Waals surface area (Å²) < 4.78 is 4.76. The summed E-state index contributed by atoms with van der Waals surface area (Å²) in [5, 5.41) is 4.93. The quantitative estimate of drug-likeness (QED) is 0.747. The minimum absolute atomic E-state index is 0.0112. The molecule has 1 atom stereocenters. The average molecular weight is 299 g/mol. The number of imide groups is 1. The SMILES string of the molecule is COC(=O)[C@H]1CCCCN1CC(=O)NC(=O)NC(C)(C)C. The molecule has 0 saturated carbocycles. The normalized spacial score (nSPS) is 19.7. The van der Waals surface area contributed by atoms with E-state index in [1.165, 1.54) is 7.11 Å². The van der Waals surface area contributed by atoms with E-state index >= 15 is 0 Å². The van der Waals surface area contributed by atoms with Gasteiger partial charge in [0.15, 0.2) is 0 Å². The van der Waals surface area contributed by atoms with Gasteiger partial charge in [0.25, 0.3) is 0 Å². The van der Waals surface area contributed by atoms with Gasteiger partial charge in [-0.25, -0.2) is 4.79 Å². The molecule has 1 aliphatic heterocycles. The van der Waals surface area contributed by atoms with E-state index in [0.717, 1.165) is 12.8 Å². The molecule has 7 nitrogen and oxygen atoms in total. The van der Waals surface area contributed by atoms with E-state index in [9.17, 15) is 14.4 Å². The first-order valence-electron chi connectivity index (χ1n) is 7.17. The summed E-state index contributed by atoms with van der Waals surface area (Å²) in [5.74, 6) is -0.755. The topological polar surface area (TPSA) is 87.7 Å². The predicted molar refractivity (Wildman–Crippen MR) is 77.7 cm³/mol. The fourth-order valence-electron chi connectivity index (χ4n) is 2.31. The Bertz CT molecular complexity index is 404. The average Bonchev–Trinajstić information content (AvgIpc) is 2.35. The fraction of sp³-hybridized carbons (Fsp3) is 0.786. The highest BCUT2D eigenvalue weighted by molar-refractivity contribution is 5.95. The molecule has 0 aliphatic carbocycles. The lowest BCUT2D eigenvalue weighted by atomic mass is 10.0. The Kier molecular flexibility index (Phi) is 6.14. The summed E-state index contributed by atoms with van der Waals surface area (Å²) >= 11 is 0. The van der Waals surface area contributed by atoms with Crippen molar-refractivity contribution in [2.24, 2.45) is 0 Å². The molecule has 0 aromatic rings. The second-order valence-electron chi connectivity index (χ2n) is 6.26. The maximum atomic E-state index is 11.9. The number of ether oxygens (including phenoxy) is 1. The first kappa shape index (κ1) is 17.4. The number of hydrogen-bond acceptors (Lipinski definition) is 5. The van der Waals surface area contributed by atoms with Crippen LogP contribution in [0.5, 0.6) is 0 Å². The molecule has 0 bridgehead atoms. The smallest absolute Gasteiger partial charge is 0.323 e. The summed E-state index contributed by atoms with van der Waals surface area (Å²) in [6.07, 6.45) is 2.53. The third-order valence-electron chi connectivity index (χ3n) is 3.18. The Labute approximate surface area is 125 Å². The first-order valence-corrected chi connectivity index (χ1v) is 7.17. The Morgan fingerprint density at radius 1 is 1.24 bits per heavy atom. The zero-order chi connectivity index (χ0) is 16.0. The molecule has 1 heterocycles. The number of carbonyl (C=O) groups excluding carboxylic acids is 3. The molecule has 1 rings (SSSR count). The van der Waals surface area contributed by atoms with Crippen LogP contribution in [-0.2, 0) is 14.3 Å². The fourth-order valence-corrected chi connectivity index (χ4v) is 2.31. The Morgan fingerprint density at radius 3 is 2.48 bits per heavy atom. The molecule has 120 valence electrons. The van der Waals surface area contributed by atoms with Crippen LogP contribution in [0.2, 0.25) is 0 Å². The van der Waals surface area contributed by atoms with E-state index in [1.807, 2.05) is 20.8 Å². The standard InChI is InChI=1S/C14H25N3O4/c1-14(2,3)16-13(20)15-11(18)9-17-8-6-5-7-10(17)12(19)21-4/h10H,5-9H2,1-4H3,(H2,15,16,18,20)/t10-/m1/s1. The molecule has 1 saturated heterocycles. The highest BCUT2D eigenvalue weighted by atomic mass is 16.5. The van der Waals surface area contributed by atoms with Gasteiger partial charge in [-0.2, -0.15) is 0 Å². The van der Waals surface area contributed by atoms with Crippen LogP contribution in [-0.4, -0.2) is 54.6 Å². The van der Waals surface area contributed by atoms with Gasteiger partial charge in [-0.1, -0.05) is 6.42 Å². The Balaban J connectivity index is 2.52. The zero-order valence-corrected chi connectivity index (χ0v) is 13.2. The van der Waals surface area contributed by atoms with E-state index in [1.54, 1.807) is 4.90 Å². The van der Waals surface area contributed by atoms with Crippen LogP contribution in [0, 0.1) is 0 Å². The molecule has 0 spiro atoms. The molecule has 1 aliphatic rings. The third-order valence-corrected chi connectivity index (χ3v) is 3.18. The number of amides is 3. The maximum Gasteiger partial charge on any atom is 0.323 e. The molecular formula is C14H25N3O4. The van der Waals surface area contributed by atoms with Crippen LogP contribution >= 0.6 is 0 Å². The molecule has 2 N–H and O–H groups in total. The van der Waals surface area contributed by atoms with E-state index in [-0.39, 0.29) is 12.5 Å². The largest absolute Gasteiger partial charge is 0.468 e. The summed E-state index contributed by atoms with van der Waals surface area (Å²) in [4.78, 5) is 37.0. The number of urea groups is 1. The van der Waals surface area contributed by atoms with Gasteiger partial charge in [0.1, 0.15) is 6.04 Å².